The highest BCUT2D eigenvalue weighted by Crippen LogP contribution is 2.54. The predicted molar refractivity (Wildman–Crippen MR) is 113 cm³/mol. The number of aromatic nitrogens is 2. The maximum Gasteiger partial charge on any atom is 0.176 e. The summed E-state index contributed by atoms with van der Waals surface area (Å²) >= 11 is 0. The third-order valence-electron chi connectivity index (χ3n) is 6.72. The monoisotopic (exact) mass is 395 g/mol. The summed E-state index contributed by atoms with van der Waals surface area (Å²) in [4.78, 5) is 12.8. The fraction of sp³-hybridized carbons (Fsp3) is 0.240. The van der Waals surface area contributed by atoms with Crippen molar-refractivity contribution >= 4 is 5.78 Å². The summed E-state index contributed by atoms with van der Waals surface area (Å²) in [6.07, 6.45) is 3.45. The number of nitrogens with zero attached hydrogens (tertiary/aromatic N) is 2. The van der Waals surface area contributed by atoms with E-state index in [0.29, 0.717) is 0 Å². The summed E-state index contributed by atoms with van der Waals surface area (Å²) < 4.78 is 0. The van der Waals surface area contributed by atoms with Crippen molar-refractivity contribution in [3.05, 3.63) is 83.1 Å². The van der Waals surface area contributed by atoms with E-state index < -0.39 is 5.41 Å². The van der Waals surface area contributed by atoms with Gasteiger partial charge in [-0.05, 0) is 42.5 Å². The van der Waals surface area contributed by atoms with Gasteiger partial charge in [-0.3, -0.25) is 9.89 Å². The number of phenolic OH excluding ortho intramolecular Hbond substituents is 1. The first-order valence-corrected chi connectivity index (χ1v) is 10.2. The number of allylic oxidation sites excluding steroid dienone is 2. The maximum atomic E-state index is 12.8. The van der Waals surface area contributed by atoms with Crippen LogP contribution in [0.4, 0.5) is 0 Å². The number of ketones is 1. The SMILES string of the molecule is C[C@@H]1C(=O)C(C#N)=C[C@]2(c3ccccc3)c3[nH]nc(-c4cccc(O)c4)c3CC[C@@H]12. The van der Waals surface area contributed by atoms with Crippen LogP contribution in [0.5, 0.6) is 5.75 Å². The van der Waals surface area contributed by atoms with Crippen LogP contribution in [0.3, 0.4) is 0 Å². The van der Waals surface area contributed by atoms with Crippen molar-refractivity contribution in [2.75, 3.05) is 0 Å². The summed E-state index contributed by atoms with van der Waals surface area (Å²) in [7, 11) is 0. The average molecular weight is 395 g/mol. The highest BCUT2D eigenvalue weighted by Gasteiger charge is 2.53. The largest absolute Gasteiger partial charge is 0.508 e. The van der Waals surface area contributed by atoms with Gasteiger partial charge in [0.1, 0.15) is 11.8 Å². The molecule has 0 saturated carbocycles. The summed E-state index contributed by atoms with van der Waals surface area (Å²) in [6.45, 7) is 1.94. The van der Waals surface area contributed by atoms with Crippen LogP contribution in [-0.4, -0.2) is 21.1 Å². The van der Waals surface area contributed by atoms with E-state index in [1.807, 2.05) is 37.3 Å². The molecule has 2 aliphatic carbocycles. The topological polar surface area (TPSA) is 89.8 Å². The lowest BCUT2D eigenvalue weighted by molar-refractivity contribution is -0.121. The molecule has 0 aliphatic heterocycles. The van der Waals surface area contributed by atoms with Crippen molar-refractivity contribution < 1.29 is 9.90 Å². The second-order valence-electron chi connectivity index (χ2n) is 8.18. The average Bonchev–Trinajstić information content (AvgIpc) is 3.21. The first-order valence-electron chi connectivity index (χ1n) is 10.2. The first kappa shape index (κ1) is 18.4. The Labute approximate surface area is 174 Å². The zero-order valence-electron chi connectivity index (χ0n) is 16.6. The third-order valence-corrected chi connectivity index (χ3v) is 6.72. The number of rotatable bonds is 2. The zero-order valence-corrected chi connectivity index (χ0v) is 16.6. The molecule has 1 aromatic heterocycles. The Kier molecular flexibility index (Phi) is 4.11. The van der Waals surface area contributed by atoms with Crippen LogP contribution in [0, 0.1) is 23.2 Å². The Morgan fingerprint density at radius 1 is 1.20 bits per heavy atom. The summed E-state index contributed by atoms with van der Waals surface area (Å²) in [5, 5.41) is 27.5. The molecule has 2 aliphatic rings. The number of nitriles is 1. The van der Waals surface area contributed by atoms with Crippen LogP contribution in [-0.2, 0) is 16.6 Å². The normalized spacial score (nSPS) is 25.1. The molecule has 30 heavy (non-hydrogen) atoms. The van der Waals surface area contributed by atoms with E-state index in [1.54, 1.807) is 18.2 Å². The second-order valence-corrected chi connectivity index (χ2v) is 8.18. The summed E-state index contributed by atoms with van der Waals surface area (Å²) in [6, 6.07) is 19.3. The molecular formula is C25H21N3O2. The molecular weight excluding hydrogens is 374 g/mol. The van der Waals surface area contributed by atoms with Crippen LogP contribution in [0.1, 0.15) is 30.2 Å². The summed E-state index contributed by atoms with van der Waals surface area (Å²) in [5.74, 6) is -0.107. The fourth-order valence-electron chi connectivity index (χ4n) is 5.35. The van der Waals surface area contributed by atoms with Crippen LogP contribution in [0.15, 0.2) is 66.2 Å². The van der Waals surface area contributed by atoms with Crippen molar-refractivity contribution in [3.8, 4) is 23.1 Å². The highest BCUT2D eigenvalue weighted by atomic mass is 16.3. The Balaban J connectivity index is 1.81. The molecule has 0 amide bonds. The van der Waals surface area contributed by atoms with Crippen molar-refractivity contribution in [2.45, 2.75) is 25.2 Å². The molecule has 2 N–H and O–H groups in total. The van der Waals surface area contributed by atoms with Crippen molar-refractivity contribution in [1.82, 2.24) is 10.2 Å². The van der Waals surface area contributed by atoms with Gasteiger partial charge in [-0.25, -0.2) is 0 Å². The van der Waals surface area contributed by atoms with E-state index >= 15 is 0 Å². The van der Waals surface area contributed by atoms with Gasteiger partial charge in [0.25, 0.3) is 0 Å². The van der Waals surface area contributed by atoms with Gasteiger partial charge in [-0.15, -0.1) is 0 Å². The van der Waals surface area contributed by atoms with Crippen molar-refractivity contribution in [3.63, 3.8) is 0 Å². The van der Waals surface area contributed by atoms with Gasteiger partial charge < -0.3 is 5.11 Å². The molecule has 2 aromatic carbocycles. The van der Waals surface area contributed by atoms with Gasteiger partial charge in [-0.1, -0.05) is 49.4 Å². The van der Waals surface area contributed by atoms with Crippen molar-refractivity contribution in [1.29, 1.82) is 5.26 Å². The molecule has 148 valence electrons. The molecule has 0 bridgehead atoms. The number of carbonyl (C=O) groups is 1. The second kappa shape index (κ2) is 6.70. The quantitative estimate of drug-likeness (QED) is 0.677. The Morgan fingerprint density at radius 2 is 2.00 bits per heavy atom. The number of carbonyl (C=O) groups excluding carboxylic acids is 1. The number of hydrogen-bond donors (Lipinski definition) is 2. The number of fused-ring (bicyclic) bond motifs is 3. The third kappa shape index (κ3) is 2.47. The number of aromatic amines is 1. The highest BCUT2D eigenvalue weighted by molar-refractivity contribution is 6.02. The van der Waals surface area contributed by atoms with Gasteiger partial charge in [0.15, 0.2) is 5.78 Å². The van der Waals surface area contributed by atoms with Gasteiger partial charge in [0.2, 0.25) is 0 Å². The summed E-state index contributed by atoms with van der Waals surface area (Å²) in [5.41, 5.74) is 4.32. The number of benzene rings is 2. The molecule has 5 rings (SSSR count). The molecule has 0 unspecified atom stereocenters. The Bertz CT molecular complexity index is 1220. The van der Waals surface area contributed by atoms with Crippen LogP contribution in [0.2, 0.25) is 0 Å². The molecule has 0 fully saturated rings. The number of aromatic hydroxyl groups is 1. The predicted octanol–water partition coefficient (Wildman–Crippen LogP) is 4.30. The van der Waals surface area contributed by atoms with Crippen LogP contribution >= 0.6 is 0 Å². The lowest BCUT2D eigenvalue weighted by Gasteiger charge is -2.47. The van der Waals surface area contributed by atoms with E-state index in [-0.39, 0.29) is 28.9 Å². The number of H-pyrrole nitrogens is 1. The van der Waals surface area contributed by atoms with E-state index in [0.717, 1.165) is 40.9 Å². The molecule has 1 heterocycles. The van der Waals surface area contributed by atoms with Crippen LogP contribution < -0.4 is 0 Å². The molecule has 0 spiro atoms. The smallest absolute Gasteiger partial charge is 0.176 e. The number of phenols is 1. The Hall–Kier alpha value is -3.65. The fourth-order valence-corrected chi connectivity index (χ4v) is 5.35. The minimum atomic E-state index is -0.616. The van der Waals surface area contributed by atoms with E-state index in [9.17, 15) is 15.2 Å². The van der Waals surface area contributed by atoms with Gasteiger partial charge in [-0.2, -0.15) is 10.4 Å². The van der Waals surface area contributed by atoms with Crippen LogP contribution in [0.25, 0.3) is 11.3 Å². The molecule has 3 aromatic rings. The lowest BCUT2D eigenvalue weighted by atomic mass is 9.54. The Morgan fingerprint density at radius 3 is 2.73 bits per heavy atom. The standard InChI is InChI=1S/C25H21N3O2/c1-15-21-11-10-20-22(16-6-5-9-19(29)12-16)27-28-24(20)25(21,13-17(14-26)23(15)30)18-7-3-2-4-8-18/h2-9,12-13,15,21,29H,10-11H2,1H3,(H,27,28)/t15-,21-,25+/m0/s1. The minimum absolute atomic E-state index is 0.0366. The van der Waals surface area contributed by atoms with Crippen molar-refractivity contribution in [2.24, 2.45) is 11.8 Å². The molecule has 3 atom stereocenters. The minimum Gasteiger partial charge on any atom is -0.508 e. The molecule has 5 nitrogen and oxygen atoms in total. The lowest BCUT2D eigenvalue weighted by Crippen LogP contribution is -2.48. The van der Waals surface area contributed by atoms with Gasteiger partial charge in [0.05, 0.1) is 22.4 Å². The first-order chi connectivity index (χ1) is 14.6. The van der Waals surface area contributed by atoms with Gasteiger partial charge in [0, 0.05) is 17.0 Å². The number of hydrogen-bond acceptors (Lipinski definition) is 4. The molecule has 0 saturated heterocycles. The number of Topliss-reactive ketones (excluding diaryl/α,β-unsaturated/α-hetero) is 1. The number of nitrogens with one attached hydrogen (secondary N) is 1. The molecule has 5 heteroatoms. The zero-order chi connectivity index (χ0) is 20.9. The van der Waals surface area contributed by atoms with E-state index in [4.69, 9.17) is 0 Å². The van der Waals surface area contributed by atoms with E-state index in [2.05, 4.69) is 28.4 Å². The maximum absolute atomic E-state index is 12.8. The van der Waals surface area contributed by atoms with E-state index in [1.165, 1.54) is 0 Å². The molecule has 0 radical (unpaired) electrons. The van der Waals surface area contributed by atoms with Gasteiger partial charge >= 0.3 is 0 Å².